The van der Waals surface area contributed by atoms with Gasteiger partial charge in [0.2, 0.25) is 11.8 Å². The predicted molar refractivity (Wildman–Crippen MR) is 78.0 cm³/mol. The van der Waals surface area contributed by atoms with Gasteiger partial charge in [0, 0.05) is 33.4 Å². The van der Waals surface area contributed by atoms with E-state index in [1.807, 2.05) is 0 Å². The van der Waals surface area contributed by atoms with E-state index in [1.165, 1.54) is 24.9 Å². The molecule has 116 valence electrons. The van der Waals surface area contributed by atoms with Gasteiger partial charge in [-0.3, -0.25) is 14.2 Å². The SMILES string of the molecule is Cn1cc(NC(=O)c2nc3n(n2)CCCN3)c(=O)n(C)c1=O. The molecule has 2 aromatic rings. The average molecular weight is 305 g/mol. The number of amides is 1. The molecule has 10 nitrogen and oxygen atoms in total. The molecule has 3 heterocycles. The molecule has 22 heavy (non-hydrogen) atoms. The van der Waals surface area contributed by atoms with Gasteiger partial charge in [0.05, 0.1) is 0 Å². The zero-order chi connectivity index (χ0) is 15.9. The van der Waals surface area contributed by atoms with Crippen molar-refractivity contribution in [1.29, 1.82) is 0 Å². The zero-order valence-corrected chi connectivity index (χ0v) is 12.2. The van der Waals surface area contributed by atoms with Crippen molar-refractivity contribution in [3.63, 3.8) is 0 Å². The first-order chi connectivity index (χ1) is 10.5. The van der Waals surface area contributed by atoms with Crippen LogP contribution in [0.3, 0.4) is 0 Å². The molecular formula is C12H15N7O3. The molecular weight excluding hydrogens is 290 g/mol. The lowest BCUT2D eigenvalue weighted by molar-refractivity contribution is 0.101. The van der Waals surface area contributed by atoms with Crippen LogP contribution in [-0.4, -0.2) is 36.4 Å². The van der Waals surface area contributed by atoms with Crippen LogP contribution in [0.25, 0.3) is 0 Å². The zero-order valence-electron chi connectivity index (χ0n) is 12.2. The smallest absolute Gasteiger partial charge is 0.330 e. The van der Waals surface area contributed by atoms with Gasteiger partial charge in [0.15, 0.2) is 0 Å². The fourth-order valence-electron chi connectivity index (χ4n) is 2.23. The topological polar surface area (TPSA) is 116 Å². The van der Waals surface area contributed by atoms with Gasteiger partial charge in [0.1, 0.15) is 5.69 Å². The molecule has 0 saturated carbocycles. The molecule has 3 rings (SSSR count). The van der Waals surface area contributed by atoms with Gasteiger partial charge in [-0.15, -0.1) is 5.10 Å². The Kier molecular flexibility index (Phi) is 3.28. The third-order valence-electron chi connectivity index (χ3n) is 3.40. The number of nitrogens with one attached hydrogen (secondary N) is 2. The van der Waals surface area contributed by atoms with Crippen LogP contribution < -0.4 is 21.9 Å². The van der Waals surface area contributed by atoms with Crippen LogP contribution in [0.1, 0.15) is 17.0 Å². The second kappa shape index (κ2) is 5.13. The van der Waals surface area contributed by atoms with Crippen LogP contribution >= 0.6 is 0 Å². The largest absolute Gasteiger partial charge is 0.354 e. The van der Waals surface area contributed by atoms with Crippen molar-refractivity contribution in [3.05, 3.63) is 32.9 Å². The first kappa shape index (κ1) is 14.0. The molecule has 0 unspecified atom stereocenters. The molecule has 0 fully saturated rings. The molecule has 2 N–H and O–H groups in total. The number of aryl methyl sites for hydroxylation is 2. The number of fused-ring (bicyclic) bond motifs is 1. The van der Waals surface area contributed by atoms with Crippen molar-refractivity contribution >= 4 is 17.5 Å². The van der Waals surface area contributed by atoms with Gasteiger partial charge in [-0.05, 0) is 6.42 Å². The monoisotopic (exact) mass is 305 g/mol. The van der Waals surface area contributed by atoms with Crippen molar-refractivity contribution in [3.8, 4) is 0 Å². The number of rotatable bonds is 2. The minimum Gasteiger partial charge on any atom is -0.354 e. The fourth-order valence-corrected chi connectivity index (χ4v) is 2.23. The molecule has 0 aromatic carbocycles. The molecule has 0 atom stereocenters. The minimum atomic E-state index is -0.598. The summed E-state index contributed by atoms with van der Waals surface area (Å²) in [4.78, 5) is 39.9. The van der Waals surface area contributed by atoms with Gasteiger partial charge in [-0.25, -0.2) is 9.48 Å². The lowest BCUT2D eigenvalue weighted by Crippen LogP contribution is -2.38. The maximum atomic E-state index is 12.2. The number of hydrogen-bond acceptors (Lipinski definition) is 6. The summed E-state index contributed by atoms with van der Waals surface area (Å²) in [5.41, 5.74) is -1.06. The summed E-state index contributed by atoms with van der Waals surface area (Å²) in [6.07, 6.45) is 2.18. The summed E-state index contributed by atoms with van der Waals surface area (Å²) >= 11 is 0. The summed E-state index contributed by atoms with van der Waals surface area (Å²) < 4.78 is 3.74. The molecule has 1 aliphatic rings. The average Bonchev–Trinajstić information content (AvgIpc) is 2.94. The molecule has 1 aliphatic heterocycles. The van der Waals surface area contributed by atoms with Crippen LogP contribution in [0.4, 0.5) is 11.6 Å². The van der Waals surface area contributed by atoms with Gasteiger partial charge < -0.3 is 15.2 Å². The summed E-state index contributed by atoms with van der Waals surface area (Å²) in [7, 11) is 2.84. The number of carbonyl (C=O) groups excluding carboxylic acids is 1. The number of hydrogen-bond donors (Lipinski definition) is 2. The Morgan fingerprint density at radius 1 is 1.36 bits per heavy atom. The second-order valence-electron chi connectivity index (χ2n) is 5.02. The van der Waals surface area contributed by atoms with Gasteiger partial charge in [-0.2, -0.15) is 4.98 Å². The number of anilines is 2. The number of nitrogens with zero attached hydrogens (tertiary/aromatic N) is 5. The molecule has 10 heteroatoms. The second-order valence-corrected chi connectivity index (χ2v) is 5.02. The minimum absolute atomic E-state index is 0.00432. The number of carbonyl (C=O) groups is 1. The van der Waals surface area contributed by atoms with E-state index in [4.69, 9.17) is 0 Å². The predicted octanol–water partition coefficient (Wildman–Crippen LogP) is -1.26. The number of aromatic nitrogens is 5. The molecule has 1 amide bonds. The first-order valence-corrected chi connectivity index (χ1v) is 6.74. The van der Waals surface area contributed by atoms with E-state index >= 15 is 0 Å². The highest BCUT2D eigenvalue weighted by atomic mass is 16.2. The Hall–Kier alpha value is -2.91. The Morgan fingerprint density at radius 2 is 2.14 bits per heavy atom. The molecule has 2 aromatic heterocycles. The van der Waals surface area contributed by atoms with Gasteiger partial charge in [0.25, 0.3) is 11.5 Å². The lowest BCUT2D eigenvalue weighted by atomic mass is 10.4. The fraction of sp³-hybridized carbons (Fsp3) is 0.417. The van der Waals surface area contributed by atoms with Crippen LogP contribution in [0.15, 0.2) is 15.8 Å². The highest BCUT2D eigenvalue weighted by Crippen LogP contribution is 2.11. The van der Waals surface area contributed by atoms with E-state index in [1.54, 1.807) is 4.68 Å². The van der Waals surface area contributed by atoms with E-state index < -0.39 is 17.2 Å². The molecule has 0 bridgehead atoms. The van der Waals surface area contributed by atoms with E-state index in [0.717, 1.165) is 17.5 Å². The highest BCUT2D eigenvalue weighted by Gasteiger charge is 2.20. The molecule has 0 radical (unpaired) electrons. The quantitative estimate of drug-likeness (QED) is 0.716. The summed E-state index contributed by atoms with van der Waals surface area (Å²) in [5, 5.41) is 9.58. The summed E-state index contributed by atoms with van der Waals surface area (Å²) in [5.74, 6) is -0.0930. The summed E-state index contributed by atoms with van der Waals surface area (Å²) in [6.45, 7) is 1.46. The van der Waals surface area contributed by atoms with E-state index in [-0.39, 0.29) is 11.5 Å². The van der Waals surface area contributed by atoms with Crippen LogP contribution in [0.2, 0.25) is 0 Å². The summed E-state index contributed by atoms with van der Waals surface area (Å²) in [6, 6.07) is 0. The Bertz CT molecular complexity index is 837. The molecule has 0 spiro atoms. The highest BCUT2D eigenvalue weighted by molar-refractivity contribution is 6.01. The maximum absolute atomic E-state index is 12.2. The first-order valence-electron chi connectivity index (χ1n) is 6.74. The standard InChI is InChI=1S/C12H15N7O3/c1-17-6-7(10(21)18(2)12(17)22)14-9(20)8-15-11-13-4-3-5-19(11)16-8/h6H,3-5H2,1-2H3,(H,14,20)(H,13,15,16). The van der Waals surface area contributed by atoms with Crippen molar-refractivity contribution in [2.24, 2.45) is 14.1 Å². The van der Waals surface area contributed by atoms with E-state index in [2.05, 4.69) is 20.7 Å². The van der Waals surface area contributed by atoms with Crippen molar-refractivity contribution in [2.75, 3.05) is 17.2 Å². The van der Waals surface area contributed by atoms with Crippen molar-refractivity contribution in [1.82, 2.24) is 23.9 Å². The Labute approximate surface area is 124 Å². The van der Waals surface area contributed by atoms with E-state index in [9.17, 15) is 14.4 Å². The van der Waals surface area contributed by atoms with Crippen molar-refractivity contribution in [2.45, 2.75) is 13.0 Å². The van der Waals surface area contributed by atoms with Gasteiger partial charge >= 0.3 is 5.69 Å². The Balaban J connectivity index is 1.90. The van der Waals surface area contributed by atoms with Crippen molar-refractivity contribution < 1.29 is 4.79 Å². The third-order valence-corrected chi connectivity index (χ3v) is 3.40. The maximum Gasteiger partial charge on any atom is 0.330 e. The molecule has 0 saturated heterocycles. The third kappa shape index (κ3) is 2.28. The van der Waals surface area contributed by atoms with Gasteiger partial charge in [-0.1, -0.05) is 0 Å². The van der Waals surface area contributed by atoms with Crippen LogP contribution in [0.5, 0.6) is 0 Å². The normalized spacial score (nSPS) is 13.4. The molecule has 0 aliphatic carbocycles. The lowest BCUT2D eigenvalue weighted by Gasteiger charge is -2.12. The van der Waals surface area contributed by atoms with Crippen LogP contribution in [-0.2, 0) is 20.6 Å². The van der Waals surface area contributed by atoms with Crippen LogP contribution in [0, 0.1) is 0 Å². The Morgan fingerprint density at radius 3 is 2.86 bits per heavy atom. The van der Waals surface area contributed by atoms with E-state index in [0.29, 0.717) is 12.5 Å².